The molecular formula is C18H13N3O6. The van der Waals surface area contributed by atoms with Gasteiger partial charge in [-0.25, -0.2) is 10.2 Å². The third kappa shape index (κ3) is 3.98. The number of ether oxygens (including phenoxy) is 1. The number of carbonyl (C=O) groups is 1. The van der Waals surface area contributed by atoms with Crippen LogP contribution < -0.4 is 15.8 Å². The molecule has 1 N–H and O–H groups in total. The SMILES string of the molecule is COc1ccc2oc(=O)c(C(=O)N/N=C\c3cccc([N+](=O)[O-])c3)cc2c1. The average molecular weight is 367 g/mol. The number of benzene rings is 2. The topological polar surface area (TPSA) is 124 Å². The van der Waals surface area contributed by atoms with Crippen molar-refractivity contribution in [2.75, 3.05) is 7.11 Å². The third-order valence-electron chi connectivity index (χ3n) is 3.64. The van der Waals surface area contributed by atoms with Gasteiger partial charge in [0.15, 0.2) is 0 Å². The molecule has 0 aliphatic rings. The van der Waals surface area contributed by atoms with Crippen LogP contribution in [0.2, 0.25) is 0 Å². The monoisotopic (exact) mass is 367 g/mol. The number of nitro groups is 1. The molecule has 0 unspecified atom stereocenters. The minimum absolute atomic E-state index is 0.102. The van der Waals surface area contributed by atoms with Crippen LogP contribution in [-0.4, -0.2) is 24.2 Å². The van der Waals surface area contributed by atoms with E-state index in [4.69, 9.17) is 9.15 Å². The van der Waals surface area contributed by atoms with Crippen molar-refractivity contribution in [3.8, 4) is 5.75 Å². The molecule has 0 radical (unpaired) electrons. The summed E-state index contributed by atoms with van der Waals surface area (Å²) in [6, 6.07) is 11.9. The average Bonchev–Trinajstić information content (AvgIpc) is 2.67. The highest BCUT2D eigenvalue weighted by Gasteiger charge is 2.13. The fourth-order valence-corrected chi connectivity index (χ4v) is 2.33. The smallest absolute Gasteiger partial charge is 0.349 e. The Morgan fingerprint density at radius 2 is 2.07 bits per heavy atom. The number of hydrogen-bond donors (Lipinski definition) is 1. The molecule has 2 aromatic carbocycles. The van der Waals surface area contributed by atoms with Crippen LogP contribution >= 0.6 is 0 Å². The molecule has 0 saturated heterocycles. The van der Waals surface area contributed by atoms with Gasteiger partial charge in [-0.05, 0) is 24.3 Å². The molecule has 0 atom stereocenters. The molecule has 0 saturated carbocycles. The zero-order valence-electron chi connectivity index (χ0n) is 14.0. The number of carbonyl (C=O) groups excluding carboxylic acids is 1. The molecule has 27 heavy (non-hydrogen) atoms. The van der Waals surface area contributed by atoms with Gasteiger partial charge < -0.3 is 9.15 Å². The van der Waals surface area contributed by atoms with Gasteiger partial charge in [0, 0.05) is 23.1 Å². The fraction of sp³-hybridized carbons (Fsp3) is 0.0556. The second-order valence-corrected chi connectivity index (χ2v) is 5.40. The summed E-state index contributed by atoms with van der Waals surface area (Å²) in [5.74, 6) is -0.221. The highest BCUT2D eigenvalue weighted by Crippen LogP contribution is 2.20. The first kappa shape index (κ1) is 17.8. The van der Waals surface area contributed by atoms with E-state index in [9.17, 15) is 19.7 Å². The molecule has 1 aromatic heterocycles. The Balaban J connectivity index is 1.81. The largest absolute Gasteiger partial charge is 0.497 e. The Morgan fingerprint density at radius 3 is 2.81 bits per heavy atom. The molecule has 0 aliphatic carbocycles. The van der Waals surface area contributed by atoms with Gasteiger partial charge in [0.25, 0.3) is 11.6 Å². The van der Waals surface area contributed by atoms with E-state index in [2.05, 4.69) is 10.5 Å². The normalized spacial score (nSPS) is 10.9. The first-order chi connectivity index (χ1) is 13.0. The van der Waals surface area contributed by atoms with Crippen LogP contribution in [0.15, 0.2) is 62.8 Å². The summed E-state index contributed by atoms with van der Waals surface area (Å²) in [6.45, 7) is 0. The van der Waals surface area contributed by atoms with E-state index in [0.717, 1.165) is 0 Å². The van der Waals surface area contributed by atoms with Crippen LogP contribution in [0.3, 0.4) is 0 Å². The molecule has 0 aliphatic heterocycles. The molecule has 0 bridgehead atoms. The standard InChI is InChI=1S/C18H13N3O6/c1-26-14-5-6-16-12(8-14)9-15(18(23)27-16)17(22)20-19-10-11-3-2-4-13(7-11)21(24)25/h2-10H,1H3,(H,20,22)/b19-10-. The van der Waals surface area contributed by atoms with Crippen LogP contribution in [0.5, 0.6) is 5.75 Å². The lowest BCUT2D eigenvalue weighted by molar-refractivity contribution is -0.384. The molecule has 9 nitrogen and oxygen atoms in total. The number of non-ortho nitro benzene ring substituents is 1. The van der Waals surface area contributed by atoms with Gasteiger partial charge in [-0.3, -0.25) is 14.9 Å². The van der Waals surface area contributed by atoms with E-state index in [0.29, 0.717) is 22.3 Å². The molecular weight excluding hydrogens is 354 g/mol. The number of nitrogens with zero attached hydrogens (tertiary/aromatic N) is 2. The van der Waals surface area contributed by atoms with Crippen molar-refractivity contribution in [1.29, 1.82) is 0 Å². The summed E-state index contributed by atoms with van der Waals surface area (Å²) in [5.41, 5.74) is 1.79. The number of hydrogen-bond acceptors (Lipinski definition) is 7. The lowest BCUT2D eigenvalue weighted by Gasteiger charge is -2.03. The Labute approximate surface area is 152 Å². The summed E-state index contributed by atoms with van der Waals surface area (Å²) in [4.78, 5) is 34.4. The lowest BCUT2D eigenvalue weighted by atomic mass is 10.1. The number of hydrazone groups is 1. The highest BCUT2D eigenvalue weighted by molar-refractivity contribution is 5.97. The predicted octanol–water partition coefficient (Wildman–Crippen LogP) is 2.47. The summed E-state index contributed by atoms with van der Waals surface area (Å²) < 4.78 is 10.2. The second kappa shape index (κ2) is 7.48. The van der Waals surface area contributed by atoms with Gasteiger partial charge in [0.1, 0.15) is 16.9 Å². The van der Waals surface area contributed by atoms with E-state index >= 15 is 0 Å². The van der Waals surface area contributed by atoms with Gasteiger partial charge in [0.2, 0.25) is 0 Å². The maximum atomic E-state index is 12.2. The van der Waals surface area contributed by atoms with Crippen LogP contribution in [0.4, 0.5) is 5.69 Å². The zero-order valence-corrected chi connectivity index (χ0v) is 14.0. The summed E-state index contributed by atoms with van der Waals surface area (Å²) >= 11 is 0. The molecule has 136 valence electrons. The zero-order chi connectivity index (χ0) is 19.4. The van der Waals surface area contributed by atoms with Crippen molar-refractivity contribution < 1.29 is 18.9 Å². The molecule has 9 heteroatoms. The van der Waals surface area contributed by atoms with Crippen LogP contribution in [0.1, 0.15) is 15.9 Å². The molecule has 1 amide bonds. The minimum atomic E-state index is -0.810. The maximum Gasteiger partial charge on any atom is 0.349 e. The fourth-order valence-electron chi connectivity index (χ4n) is 2.33. The van der Waals surface area contributed by atoms with Crippen molar-refractivity contribution in [1.82, 2.24) is 5.43 Å². The van der Waals surface area contributed by atoms with E-state index in [1.54, 1.807) is 24.3 Å². The quantitative estimate of drug-likeness (QED) is 0.320. The van der Waals surface area contributed by atoms with Crippen molar-refractivity contribution in [2.45, 2.75) is 0 Å². The summed E-state index contributed by atoms with van der Waals surface area (Å²) in [5, 5.41) is 15.0. The molecule has 3 rings (SSSR count). The number of fused-ring (bicyclic) bond motifs is 1. The van der Waals surface area contributed by atoms with E-state index in [1.165, 1.54) is 37.6 Å². The van der Waals surface area contributed by atoms with Gasteiger partial charge in [-0.2, -0.15) is 5.10 Å². The van der Waals surface area contributed by atoms with Gasteiger partial charge in [0.05, 0.1) is 18.2 Å². The third-order valence-corrected chi connectivity index (χ3v) is 3.64. The van der Waals surface area contributed by atoms with E-state index in [1.807, 2.05) is 0 Å². The Morgan fingerprint density at radius 1 is 1.26 bits per heavy atom. The molecule has 3 aromatic rings. The number of methoxy groups -OCH3 is 1. The highest BCUT2D eigenvalue weighted by atomic mass is 16.6. The van der Waals surface area contributed by atoms with Crippen molar-refractivity contribution in [3.05, 3.63) is 80.2 Å². The van der Waals surface area contributed by atoms with Crippen LogP contribution in [0, 0.1) is 10.1 Å². The van der Waals surface area contributed by atoms with E-state index < -0.39 is 16.5 Å². The Hall–Kier alpha value is -4.01. The Bertz CT molecular complexity index is 1120. The number of rotatable bonds is 5. The van der Waals surface area contributed by atoms with Crippen molar-refractivity contribution in [2.24, 2.45) is 5.10 Å². The van der Waals surface area contributed by atoms with Crippen LogP contribution in [-0.2, 0) is 0 Å². The minimum Gasteiger partial charge on any atom is -0.497 e. The van der Waals surface area contributed by atoms with Gasteiger partial charge >= 0.3 is 5.63 Å². The van der Waals surface area contributed by atoms with E-state index in [-0.39, 0.29) is 11.3 Å². The maximum absolute atomic E-state index is 12.2. The second-order valence-electron chi connectivity index (χ2n) is 5.40. The van der Waals surface area contributed by atoms with Crippen molar-refractivity contribution in [3.63, 3.8) is 0 Å². The predicted molar refractivity (Wildman–Crippen MR) is 97.2 cm³/mol. The number of nitrogens with one attached hydrogen (secondary N) is 1. The lowest BCUT2D eigenvalue weighted by Crippen LogP contribution is -2.24. The van der Waals surface area contributed by atoms with Crippen molar-refractivity contribution >= 4 is 28.8 Å². The first-order valence-electron chi connectivity index (χ1n) is 7.67. The number of amides is 1. The molecule has 0 spiro atoms. The molecule has 1 heterocycles. The Kier molecular flexibility index (Phi) is 4.93. The van der Waals surface area contributed by atoms with Gasteiger partial charge in [-0.15, -0.1) is 0 Å². The van der Waals surface area contributed by atoms with Crippen LogP contribution in [0.25, 0.3) is 11.0 Å². The summed E-state index contributed by atoms with van der Waals surface area (Å²) in [6.07, 6.45) is 1.23. The first-order valence-corrected chi connectivity index (χ1v) is 7.67. The number of nitro benzene ring substituents is 1. The molecule has 0 fully saturated rings. The van der Waals surface area contributed by atoms with Gasteiger partial charge in [-0.1, -0.05) is 12.1 Å². The summed E-state index contributed by atoms with van der Waals surface area (Å²) in [7, 11) is 1.50.